The highest BCUT2D eigenvalue weighted by Gasteiger charge is 2.20. The molecule has 0 saturated heterocycles. The number of hydrogen-bond acceptors (Lipinski definition) is 6. The van der Waals surface area contributed by atoms with Crippen LogP contribution in [0.15, 0.2) is 89.7 Å². The molecule has 9 nitrogen and oxygen atoms in total. The molecule has 252 valence electrons. The van der Waals surface area contributed by atoms with Crippen LogP contribution in [0, 0.1) is 0 Å². The van der Waals surface area contributed by atoms with Gasteiger partial charge >= 0.3 is 0 Å². The van der Waals surface area contributed by atoms with Crippen LogP contribution >= 0.6 is 0 Å². The highest BCUT2D eigenvalue weighted by atomic mass is 32.2. The number of nitrogens with zero attached hydrogens (tertiary/aromatic N) is 3. The maximum atomic E-state index is 13.5. The smallest absolute Gasteiger partial charge is 0.251 e. The fraction of sp³-hybridized carbons (Fsp3) is 0.342. The number of unbranched alkanes of at least 4 members (excludes halogenated alkanes) is 1. The first-order chi connectivity index (χ1) is 23.5. The topological polar surface area (TPSA) is 109 Å². The Balaban J connectivity index is 1.27. The maximum absolute atomic E-state index is 13.5. The predicted molar refractivity (Wildman–Crippen MR) is 191 cm³/mol. The second-order valence-corrected chi connectivity index (χ2v) is 13.2. The third-order valence-corrected chi connectivity index (χ3v) is 9.53. The monoisotopic (exact) mass is 668 g/mol. The fourth-order valence-corrected chi connectivity index (χ4v) is 6.68. The molecule has 10 heteroatoms. The van der Waals surface area contributed by atoms with Crippen LogP contribution in [0.4, 0.5) is 11.4 Å². The number of benzene rings is 3. The van der Waals surface area contributed by atoms with Crippen LogP contribution in [-0.2, 0) is 37.8 Å². The average molecular weight is 669 g/mol. The van der Waals surface area contributed by atoms with E-state index < -0.39 is 11.2 Å². The summed E-state index contributed by atoms with van der Waals surface area (Å²) in [6.07, 6.45) is 10.6. The summed E-state index contributed by atoms with van der Waals surface area (Å²) >= 11 is -1.24. The third-order valence-electron chi connectivity index (χ3n) is 8.17. The van der Waals surface area contributed by atoms with Gasteiger partial charge in [0.25, 0.3) is 5.91 Å². The first-order valence-electron chi connectivity index (χ1n) is 16.7. The molecule has 0 saturated carbocycles. The zero-order chi connectivity index (χ0) is 33.7. The summed E-state index contributed by atoms with van der Waals surface area (Å²) < 4.78 is 26.5. The number of ether oxygens (including phenoxy) is 2. The van der Waals surface area contributed by atoms with Gasteiger partial charge in [0, 0.05) is 31.0 Å². The molecule has 1 atom stereocenters. The number of nitrogens with one attached hydrogen (secondary N) is 1. The molecule has 1 aliphatic heterocycles. The summed E-state index contributed by atoms with van der Waals surface area (Å²) in [7, 11) is 0. The number of amides is 2. The van der Waals surface area contributed by atoms with Crippen molar-refractivity contribution < 1.29 is 23.6 Å². The molecule has 0 radical (unpaired) electrons. The molecular weight excluding hydrogens is 625 g/mol. The molecule has 5 rings (SSSR count). The molecule has 48 heavy (non-hydrogen) atoms. The van der Waals surface area contributed by atoms with Gasteiger partial charge in [-0.3, -0.25) is 9.59 Å². The van der Waals surface area contributed by atoms with Crippen molar-refractivity contribution in [3.8, 4) is 16.9 Å². The van der Waals surface area contributed by atoms with Gasteiger partial charge in [-0.2, -0.15) is 0 Å². The zero-order valence-corrected chi connectivity index (χ0v) is 28.5. The van der Waals surface area contributed by atoms with Crippen LogP contribution in [0.3, 0.4) is 0 Å². The molecule has 1 N–H and O–H groups in total. The number of carbonyl (C=O) groups is 2. The fourth-order valence-electron chi connectivity index (χ4n) is 5.56. The first kappa shape index (κ1) is 34.9. The van der Waals surface area contributed by atoms with E-state index in [2.05, 4.69) is 24.1 Å². The van der Waals surface area contributed by atoms with Crippen molar-refractivity contribution in [1.29, 1.82) is 0 Å². The van der Waals surface area contributed by atoms with E-state index in [0.29, 0.717) is 54.5 Å². The van der Waals surface area contributed by atoms with Gasteiger partial charge in [-0.1, -0.05) is 38.5 Å². The summed E-state index contributed by atoms with van der Waals surface area (Å²) in [6, 6.07) is 21.0. The number of anilines is 2. The minimum atomic E-state index is -1.24. The van der Waals surface area contributed by atoms with Crippen molar-refractivity contribution in [2.24, 2.45) is 0 Å². The van der Waals surface area contributed by atoms with Crippen LogP contribution in [0.25, 0.3) is 17.2 Å². The average Bonchev–Trinajstić information content (AvgIpc) is 3.53. The molecule has 0 bridgehead atoms. The van der Waals surface area contributed by atoms with E-state index in [0.717, 1.165) is 72.6 Å². The van der Waals surface area contributed by atoms with Gasteiger partial charge in [0.15, 0.2) is 10.6 Å². The number of aromatic nitrogens is 2. The summed E-state index contributed by atoms with van der Waals surface area (Å²) in [5.41, 5.74) is 5.70. The molecule has 1 unspecified atom stereocenters. The Kier molecular flexibility index (Phi) is 12.9. The van der Waals surface area contributed by atoms with Gasteiger partial charge in [-0.15, -0.1) is 0 Å². The van der Waals surface area contributed by atoms with Crippen LogP contribution in [0.1, 0.15) is 57.2 Å². The van der Waals surface area contributed by atoms with E-state index in [1.807, 2.05) is 53.1 Å². The molecule has 3 aromatic carbocycles. The highest BCUT2D eigenvalue weighted by molar-refractivity contribution is 7.90. The lowest BCUT2D eigenvalue weighted by atomic mass is 9.96. The number of hydrogen-bond donors (Lipinski definition) is 1. The van der Waals surface area contributed by atoms with Crippen molar-refractivity contribution in [3.05, 3.63) is 96.1 Å². The summed E-state index contributed by atoms with van der Waals surface area (Å²) in [5.74, 6) is 0.946. The Bertz CT molecular complexity index is 1670. The summed E-state index contributed by atoms with van der Waals surface area (Å²) in [5, 5.41) is 3.01. The van der Waals surface area contributed by atoms with Crippen LogP contribution < -0.4 is 15.0 Å². The second-order valence-electron chi connectivity index (χ2n) is 11.7. The molecule has 4 aromatic rings. The van der Waals surface area contributed by atoms with Gasteiger partial charge < -0.3 is 28.8 Å². The first-order valence-corrected chi connectivity index (χ1v) is 18.0. The van der Waals surface area contributed by atoms with Crippen LogP contribution in [-0.4, -0.2) is 52.8 Å². The number of carbonyl (C=O) groups excluding carboxylic acids is 2. The molecule has 0 fully saturated rings. The standard InChI is InChI=1S/C38H44N4O5S/c1-3-5-20-46-21-22-47-35-13-8-29(9-14-35)30-10-17-37-32(23-30)24-31(7-6-19-42(37)28-43)38(44)40-33-11-15-36(16-12-33)48(45)26-34-25-39-27-41(34)18-4-2/h8-17,23-25,27-28H,3-7,18-22,26H2,1-2H3,(H,40,44)/b31-24+. The van der Waals surface area contributed by atoms with Crippen LogP contribution in [0.5, 0.6) is 5.75 Å². The Hall–Kier alpha value is -4.38. The minimum absolute atomic E-state index is 0.205. The van der Waals surface area contributed by atoms with Gasteiger partial charge in [0.2, 0.25) is 6.41 Å². The quantitative estimate of drug-likeness (QED) is 0.0766. The van der Waals surface area contributed by atoms with E-state index in [1.54, 1.807) is 41.7 Å². The predicted octanol–water partition coefficient (Wildman–Crippen LogP) is 7.24. The Morgan fingerprint density at radius 2 is 1.79 bits per heavy atom. The Morgan fingerprint density at radius 3 is 2.54 bits per heavy atom. The molecule has 1 aromatic heterocycles. The van der Waals surface area contributed by atoms with Crippen LogP contribution in [0.2, 0.25) is 0 Å². The Labute approximate surface area is 286 Å². The van der Waals surface area contributed by atoms with Crippen molar-refractivity contribution in [2.75, 3.05) is 36.6 Å². The summed E-state index contributed by atoms with van der Waals surface area (Å²) in [6.45, 7) is 7.38. The molecule has 0 spiro atoms. The Morgan fingerprint density at radius 1 is 1.00 bits per heavy atom. The van der Waals surface area contributed by atoms with Crippen molar-refractivity contribution >= 4 is 40.9 Å². The number of rotatable bonds is 16. The zero-order valence-electron chi connectivity index (χ0n) is 27.7. The highest BCUT2D eigenvalue weighted by Crippen LogP contribution is 2.32. The van der Waals surface area contributed by atoms with Gasteiger partial charge in [-0.05, 0) is 108 Å². The lowest BCUT2D eigenvalue weighted by Gasteiger charge is -2.24. The third kappa shape index (κ3) is 9.37. The van der Waals surface area contributed by atoms with E-state index >= 15 is 0 Å². The number of imidazole rings is 1. The lowest BCUT2D eigenvalue weighted by Crippen LogP contribution is -2.25. The van der Waals surface area contributed by atoms with Crippen molar-refractivity contribution in [2.45, 2.75) is 63.1 Å². The van der Waals surface area contributed by atoms with Gasteiger partial charge in [0.05, 0.1) is 30.5 Å². The normalized spacial score (nSPS) is 14.6. The molecular formula is C38H44N4O5S. The van der Waals surface area contributed by atoms with Gasteiger partial charge in [-0.25, -0.2) is 4.98 Å². The van der Waals surface area contributed by atoms with E-state index in [9.17, 15) is 14.1 Å². The van der Waals surface area contributed by atoms with Crippen molar-refractivity contribution in [1.82, 2.24) is 9.55 Å². The molecule has 0 aliphatic carbocycles. The van der Waals surface area contributed by atoms with Gasteiger partial charge in [0.1, 0.15) is 12.4 Å². The summed E-state index contributed by atoms with van der Waals surface area (Å²) in [4.78, 5) is 32.1. The van der Waals surface area contributed by atoms with E-state index in [1.165, 1.54) is 0 Å². The van der Waals surface area contributed by atoms with E-state index in [-0.39, 0.29) is 5.91 Å². The minimum Gasteiger partial charge on any atom is -0.611 e. The maximum Gasteiger partial charge on any atom is 0.251 e. The SMILES string of the molecule is CCCCOCCOc1ccc(-c2ccc3c(c2)/C=C(/C(=O)Nc2ccc([S+]([O-])Cc4cncn4CCC)cc2)CCCN3C=O)cc1. The lowest BCUT2D eigenvalue weighted by molar-refractivity contribution is -0.113. The molecule has 1 aliphatic rings. The molecule has 2 amide bonds. The largest absolute Gasteiger partial charge is 0.611 e. The number of aryl methyl sites for hydroxylation is 1. The number of fused-ring (bicyclic) bond motifs is 1. The van der Waals surface area contributed by atoms with Crippen molar-refractivity contribution in [3.63, 3.8) is 0 Å². The second kappa shape index (κ2) is 17.7. The molecule has 2 heterocycles. The van der Waals surface area contributed by atoms with E-state index in [4.69, 9.17) is 9.47 Å².